The minimum atomic E-state index is 0.566. The number of anilines is 1. The highest BCUT2D eigenvalue weighted by Gasteiger charge is 1.98. The minimum Gasteiger partial charge on any atom is -0.481 e. The molecule has 1 heterocycles. The fourth-order valence-electron chi connectivity index (χ4n) is 1.70. The quantitative estimate of drug-likeness (QED) is 0.844. The summed E-state index contributed by atoms with van der Waals surface area (Å²) in [6.45, 7) is 1.32. The third kappa shape index (κ3) is 3.21. The monoisotopic (exact) mass is 243 g/mol. The van der Waals surface area contributed by atoms with Gasteiger partial charge in [-0.1, -0.05) is 24.3 Å². The van der Waals surface area contributed by atoms with Crippen LogP contribution in [0, 0.1) is 0 Å². The van der Waals surface area contributed by atoms with Gasteiger partial charge in [0, 0.05) is 31.0 Å². The van der Waals surface area contributed by atoms with E-state index in [4.69, 9.17) is 10.5 Å². The number of nitrogens with two attached hydrogens (primary N) is 1. The molecule has 0 aliphatic rings. The Morgan fingerprint density at radius 3 is 2.83 bits per heavy atom. The molecule has 1 aromatic heterocycles. The summed E-state index contributed by atoms with van der Waals surface area (Å²) in [5, 5.41) is 3.33. The first-order chi connectivity index (χ1) is 8.81. The van der Waals surface area contributed by atoms with Gasteiger partial charge in [-0.25, -0.2) is 4.98 Å². The average molecular weight is 243 g/mol. The van der Waals surface area contributed by atoms with Crippen molar-refractivity contribution in [3.05, 3.63) is 53.7 Å². The Labute approximate surface area is 107 Å². The van der Waals surface area contributed by atoms with Crippen LogP contribution in [-0.4, -0.2) is 12.1 Å². The summed E-state index contributed by atoms with van der Waals surface area (Å²) < 4.78 is 5.08. The van der Waals surface area contributed by atoms with Gasteiger partial charge in [0.05, 0.1) is 7.11 Å². The lowest BCUT2D eigenvalue weighted by Crippen LogP contribution is -2.02. The number of nitrogens with one attached hydrogen (secondary N) is 1. The van der Waals surface area contributed by atoms with E-state index in [0.29, 0.717) is 12.4 Å². The molecule has 2 aromatic rings. The van der Waals surface area contributed by atoms with Crippen molar-refractivity contribution in [1.29, 1.82) is 0 Å². The van der Waals surface area contributed by atoms with Crippen molar-refractivity contribution >= 4 is 5.69 Å². The highest BCUT2D eigenvalue weighted by Crippen LogP contribution is 2.14. The van der Waals surface area contributed by atoms with Gasteiger partial charge in [-0.05, 0) is 17.2 Å². The van der Waals surface area contributed by atoms with Gasteiger partial charge in [0.1, 0.15) is 0 Å². The van der Waals surface area contributed by atoms with Crippen LogP contribution >= 0.6 is 0 Å². The fraction of sp³-hybridized carbons (Fsp3) is 0.214. The molecule has 0 aliphatic heterocycles. The number of hydrogen-bond acceptors (Lipinski definition) is 4. The smallest absolute Gasteiger partial charge is 0.214 e. The Balaban J connectivity index is 2.01. The second-order valence-electron chi connectivity index (χ2n) is 3.96. The van der Waals surface area contributed by atoms with Crippen molar-refractivity contribution in [3.8, 4) is 5.88 Å². The van der Waals surface area contributed by atoms with Gasteiger partial charge in [-0.2, -0.15) is 0 Å². The van der Waals surface area contributed by atoms with Crippen LogP contribution in [0.3, 0.4) is 0 Å². The zero-order valence-electron chi connectivity index (χ0n) is 10.4. The van der Waals surface area contributed by atoms with E-state index in [1.165, 1.54) is 5.56 Å². The van der Waals surface area contributed by atoms with E-state index in [0.717, 1.165) is 17.8 Å². The Kier molecular flexibility index (Phi) is 4.15. The molecule has 0 saturated heterocycles. The summed E-state index contributed by atoms with van der Waals surface area (Å²) >= 11 is 0. The number of methoxy groups -OCH3 is 1. The van der Waals surface area contributed by atoms with Gasteiger partial charge in [0.2, 0.25) is 5.88 Å². The molecule has 4 nitrogen and oxygen atoms in total. The molecule has 0 aliphatic carbocycles. The van der Waals surface area contributed by atoms with Crippen LogP contribution in [0.15, 0.2) is 42.6 Å². The predicted octanol–water partition coefficient (Wildman–Crippen LogP) is 2.16. The molecule has 0 atom stereocenters. The molecule has 0 bridgehead atoms. The Hall–Kier alpha value is -2.07. The second kappa shape index (κ2) is 6.02. The lowest BCUT2D eigenvalue weighted by molar-refractivity contribution is 0.398. The summed E-state index contributed by atoms with van der Waals surface area (Å²) in [7, 11) is 1.61. The second-order valence-corrected chi connectivity index (χ2v) is 3.96. The zero-order valence-corrected chi connectivity index (χ0v) is 10.4. The van der Waals surface area contributed by atoms with Gasteiger partial charge in [-0.15, -0.1) is 0 Å². The number of pyridine rings is 1. The zero-order chi connectivity index (χ0) is 12.8. The van der Waals surface area contributed by atoms with E-state index in [9.17, 15) is 0 Å². The van der Waals surface area contributed by atoms with Crippen molar-refractivity contribution in [1.82, 2.24) is 4.98 Å². The third-order valence-electron chi connectivity index (χ3n) is 2.67. The van der Waals surface area contributed by atoms with Gasteiger partial charge >= 0.3 is 0 Å². The van der Waals surface area contributed by atoms with E-state index in [-0.39, 0.29) is 0 Å². The molecule has 1 aromatic carbocycles. The molecule has 0 unspecified atom stereocenters. The Morgan fingerprint density at radius 2 is 2.06 bits per heavy atom. The molecule has 0 fully saturated rings. The van der Waals surface area contributed by atoms with E-state index in [2.05, 4.69) is 22.4 Å². The largest absolute Gasteiger partial charge is 0.481 e. The van der Waals surface area contributed by atoms with Crippen molar-refractivity contribution in [2.24, 2.45) is 5.73 Å². The lowest BCUT2D eigenvalue weighted by atomic mass is 10.1. The number of nitrogens with zero attached hydrogens (tertiary/aromatic N) is 1. The standard InChI is InChI=1S/C14H17N3O/c1-18-14-8-13(5-6-16-14)17-10-12-4-2-3-11(7-12)9-15/h2-8H,9-10,15H2,1H3,(H,16,17). The molecular formula is C14H17N3O. The molecular weight excluding hydrogens is 226 g/mol. The molecule has 4 heteroatoms. The van der Waals surface area contributed by atoms with E-state index in [1.54, 1.807) is 13.3 Å². The van der Waals surface area contributed by atoms with Crippen molar-refractivity contribution in [3.63, 3.8) is 0 Å². The summed E-state index contributed by atoms with van der Waals surface area (Å²) in [5.74, 6) is 0.607. The first-order valence-corrected chi connectivity index (χ1v) is 5.83. The van der Waals surface area contributed by atoms with Crippen LogP contribution in [0.1, 0.15) is 11.1 Å². The maximum Gasteiger partial charge on any atom is 0.214 e. The molecule has 18 heavy (non-hydrogen) atoms. The number of ether oxygens (including phenoxy) is 1. The maximum atomic E-state index is 5.62. The Morgan fingerprint density at radius 1 is 1.22 bits per heavy atom. The van der Waals surface area contributed by atoms with Crippen LogP contribution in [0.25, 0.3) is 0 Å². The highest BCUT2D eigenvalue weighted by molar-refractivity contribution is 5.45. The van der Waals surface area contributed by atoms with Gasteiger partial charge in [0.25, 0.3) is 0 Å². The van der Waals surface area contributed by atoms with Crippen LogP contribution in [-0.2, 0) is 13.1 Å². The highest BCUT2D eigenvalue weighted by atomic mass is 16.5. The average Bonchev–Trinajstić information content (AvgIpc) is 2.45. The molecule has 0 spiro atoms. The van der Waals surface area contributed by atoms with Gasteiger partial charge in [0.15, 0.2) is 0 Å². The third-order valence-corrected chi connectivity index (χ3v) is 2.67. The predicted molar refractivity (Wildman–Crippen MR) is 72.4 cm³/mol. The van der Waals surface area contributed by atoms with E-state index < -0.39 is 0 Å². The SMILES string of the molecule is COc1cc(NCc2cccc(CN)c2)ccn1. The lowest BCUT2D eigenvalue weighted by Gasteiger charge is -2.08. The molecule has 2 rings (SSSR count). The van der Waals surface area contributed by atoms with Crippen molar-refractivity contribution < 1.29 is 4.74 Å². The summed E-state index contributed by atoms with van der Waals surface area (Å²) in [5.41, 5.74) is 8.95. The molecule has 0 radical (unpaired) electrons. The molecule has 3 N–H and O–H groups in total. The normalized spacial score (nSPS) is 10.1. The van der Waals surface area contributed by atoms with Crippen LogP contribution in [0.4, 0.5) is 5.69 Å². The first kappa shape index (κ1) is 12.4. The topological polar surface area (TPSA) is 60.2 Å². The fourth-order valence-corrected chi connectivity index (χ4v) is 1.70. The van der Waals surface area contributed by atoms with Gasteiger partial charge in [-0.3, -0.25) is 0 Å². The van der Waals surface area contributed by atoms with Crippen LogP contribution < -0.4 is 15.8 Å². The molecule has 0 amide bonds. The minimum absolute atomic E-state index is 0.566. The summed E-state index contributed by atoms with van der Waals surface area (Å²) in [4.78, 5) is 4.06. The van der Waals surface area contributed by atoms with E-state index >= 15 is 0 Å². The summed E-state index contributed by atoms with van der Waals surface area (Å²) in [6.07, 6.45) is 1.72. The van der Waals surface area contributed by atoms with Crippen LogP contribution in [0.2, 0.25) is 0 Å². The number of rotatable bonds is 5. The van der Waals surface area contributed by atoms with Gasteiger partial charge < -0.3 is 15.8 Å². The Bertz CT molecular complexity index is 466. The summed E-state index contributed by atoms with van der Waals surface area (Å²) in [6, 6.07) is 12.0. The van der Waals surface area contributed by atoms with Crippen LogP contribution in [0.5, 0.6) is 5.88 Å². The maximum absolute atomic E-state index is 5.62. The number of aromatic nitrogens is 1. The molecule has 94 valence electrons. The van der Waals surface area contributed by atoms with E-state index in [1.807, 2.05) is 24.3 Å². The molecule has 0 saturated carbocycles. The van der Waals surface area contributed by atoms with Crippen molar-refractivity contribution in [2.75, 3.05) is 12.4 Å². The number of benzene rings is 1. The first-order valence-electron chi connectivity index (χ1n) is 5.83. The van der Waals surface area contributed by atoms with Crippen molar-refractivity contribution in [2.45, 2.75) is 13.1 Å². The number of hydrogen-bond donors (Lipinski definition) is 2.